The Labute approximate surface area is 156 Å². The second-order valence-corrected chi connectivity index (χ2v) is 7.30. The lowest BCUT2D eigenvalue weighted by atomic mass is 9.98. The topological polar surface area (TPSA) is 105 Å². The van der Waals surface area contributed by atoms with Crippen LogP contribution in [-0.4, -0.2) is 58.3 Å². The standard InChI is InChI=1S/C19H24N2O6/c22-13-3-1-4-14(13)26-15-5-2-6-16-17(15)18(20-27-16)25-11-12-7-9-21(10-8-12)19(23)24/h2,5-6,12-14,22H,1,3-4,7-11H2,(H,23,24)/t13-,14-/m0/s1. The Morgan fingerprint density at radius 3 is 2.78 bits per heavy atom. The van der Waals surface area contributed by atoms with Crippen molar-refractivity contribution >= 4 is 17.1 Å². The van der Waals surface area contributed by atoms with E-state index in [1.54, 1.807) is 6.07 Å². The summed E-state index contributed by atoms with van der Waals surface area (Å²) in [6, 6.07) is 5.47. The molecule has 1 saturated heterocycles. The van der Waals surface area contributed by atoms with E-state index in [-0.39, 0.29) is 12.0 Å². The van der Waals surface area contributed by atoms with Gasteiger partial charge < -0.3 is 29.1 Å². The Bertz CT molecular complexity index is 799. The van der Waals surface area contributed by atoms with Crippen molar-refractivity contribution in [1.82, 2.24) is 10.1 Å². The van der Waals surface area contributed by atoms with Crippen molar-refractivity contribution < 1.29 is 29.0 Å². The molecule has 1 aromatic carbocycles. The van der Waals surface area contributed by atoms with Gasteiger partial charge in [0, 0.05) is 13.1 Å². The lowest BCUT2D eigenvalue weighted by Crippen LogP contribution is -2.38. The Morgan fingerprint density at radius 2 is 2.07 bits per heavy atom. The molecule has 1 aliphatic heterocycles. The number of rotatable bonds is 5. The van der Waals surface area contributed by atoms with Crippen molar-refractivity contribution in [1.29, 1.82) is 0 Å². The summed E-state index contributed by atoms with van der Waals surface area (Å²) in [6.45, 7) is 1.50. The molecule has 0 spiro atoms. The Balaban J connectivity index is 1.44. The summed E-state index contributed by atoms with van der Waals surface area (Å²) in [4.78, 5) is 12.4. The Kier molecular flexibility index (Phi) is 5.07. The van der Waals surface area contributed by atoms with E-state index < -0.39 is 12.2 Å². The van der Waals surface area contributed by atoms with Gasteiger partial charge in [0.25, 0.3) is 5.88 Å². The van der Waals surface area contributed by atoms with E-state index in [1.165, 1.54) is 4.90 Å². The lowest BCUT2D eigenvalue weighted by molar-refractivity contribution is 0.0612. The second-order valence-electron chi connectivity index (χ2n) is 7.30. The van der Waals surface area contributed by atoms with Gasteiger partial charge in [0.15, 0.2) is 5.58 Å². The highest BCUT2D eigenvalue weighted by molar-refractivity contribution is 5.88. The van der Waals surface area contributed by atoms with Gasteiger partial charge in [-0.15, -0.1) is 0 Å². The van der Waals surface area contributed by atoms with E-state index in [9.17, 15) is 9.90 Å². The average molecular weight is 376 g/mol. The number of carboxylic acid groups (broad SMARTS) is 1. The second kappa shape index (κ2) is 7.64. The van der Waals surface area contributed by atoms with Crippen molar-refractivity contribution in [3.05, 3.63) is 18.2 Å². The van der Waals surface area contributed by atoms with Gasteiger partial charge in [-0.2, -0.15) is 0 Å². The van der Waals surface area contributed by atoms with Crippen LogP contribution in [0.25, 0.3) is 11.0 Å². The van der Waals surface area contributed by atoms with Gasteiger partial charge in [-0.05, 0) is 55.3 Å². The quantitative estimate of drug-likeness (QED) is 0.826. The molecule has 1 aromatic heterocycles. The van der Waals surface area contributed by atoms with Crippen molar-refractivity contribution in [2.75, 3.05) is 19.7 Å². The lowest BCUT2D eigenvalue weighted by Gasteiger charge is -2.29. The monoisotopic (exact) mass is 376 g/mol. The first-order chi connectivity index (χ1) is 13.1. The molecule has 2 atom stereocenters. The number of aliphatic hydroxyl groups is 1. The first kappa shape index (κ1) is 17.9. The number of likely N-dealkylation sites (tertiary alicyclic amines) is 1. The SMILES string of the molecule is O=C(O)N1CCC(COc2noc3cccc(O[C@H]4CCC[C@@H]4O)c23)CC1. The maximum atomic E-state index is 11.0. The number of aromatic nitrogens is 1. The number of aliphatic hydroxyl groups excluding tert-OH is 1. The van der Waals surface area contributed by atoms with Crippen LogP contribution in [0.5, 0.6) is 11.6 Å². The molecule has 0 bridgehead atoms. The third kappa shape index (κ3) is 3.80. The Morgan fingerprint density at radius 1 is 1.26 bits per heavy atom. The predicted octanol–water partition coefficient (Wildman–Crippen LogP) is 2.89. The summed E-state index contributed by atoms with van der Waals surface area (Å²) in [5.74, 6) is 1.27. The molecule has 1 saturated carbocycles. The molecule has 27 heavy (non-hydrogen) atoms. The maximum Gasteiger partial charge on any atom is 0.407 e. The molecular formula is C19H24N2O6. The molecule has 2 heterocycles. The molecule has 4 rings (SSSR count). The summed E-state index contributed by atoms with van der Waals surface area (Å²) >= 11 is 0. The first-order valence-electron chi connectivity index (χ1n) is 9.45. The minimum absolute atomic E-state index is 0.223. The maximum absolute atomic E-state index is 11.0. The molecule has 2 aromatic rings. The molecule has 2 N–H and O–H groups in total. The van der Waals surface area contributed by atoms with Crippen molar-refractivity contribution in [3.8, 4) is 11.6 Å². The first-order valence-corrected chi connectivity index (χ1v) is 9.45. The van der Waals surface area contributed by atoms with Gasteiger partial charge >= 0.3 is 6.09 Å². The number of fused-ring (bicyclic) bond motifs is 1. The highest BCUT2D eigenvalue weighted by Crippen LogP contribution is 2.36. The molecule has 2 aliphatic rings. The van der Waals surface area contributed by atoms with Crippen LogP contribution >= 0.6 is 0 Å². The number of amides is 1. The predicted molar refractivity (Wildman–Crippen MR) is 96.1 cm³/mol. The van der Waals surface area contributed by atoms with Crippen molar-refractivity contribution in [2.24, 2.45) is 5.92 Å². The summed E-state index contributed by atoms with van der Waals surface area (Å²) in [7, 11) is 0. The molecule has 8 nitrogen and oxygen atoms in total. The molecule has 2 fully saturated rings. The minimum Gasteiger partial charge on any atom is -0.487 e. The van der Waals surface area contributed by atoms with Crippen LogP contribution in [0.15, 0.2) is 22.7 Å². The highest BCUT2D eigenvalue weighted by atomic mass is 16.5. The fourth-order valence-electron chi connectivity index (χ4n) is 3.83. The Hall–Kier alpha value is -2.48. The summed E-state index contributed by atoms with van der Waals surface area (Å²) in [5, 5.41) is 23.8. The molecule has 1 amide bonds. The number of carbonyl (C=O) groups is 1. The van der Waals surface area contributed by atoms with Crippen molar-refractivity contribution in [2.45, 2.75) is 44.3 Å². The summed E-state index contributed by atoms with van der Waals surface area (Å²) < 4.78 is 17.3. The van der Waals surface area contributed by atoms with E-state index in [1.807, 2.05) is 12.1 Å². The zero-order chi connectivity index (χ0) is 18.8. The fraction of sp³-hybridized carbons (Fsp3) is 0.579. The van der Waals surface area contributed by atoms with Gasteiger partial charge in [0.05, 0.1) is 12.7 Å². The normalized spacial score (nSPS) is 23.7. The number of nitrogens with zero attached hydrogens (tertiary/aromatic N) is 2. The molecule has 0 radical (unpaired) electrons. The van der Waals surface area contributed by atoms with Crippen LogP contribution in [0.1, 0.15) is 32.1 Å². The zero-order valence-corrected chi connectivity index (χ0v) is 15.0. The molecular weight excluding hydrogens is 352 g/mol. The van der Waals surface area contributed by atoms with Crippen LogP contribution in [0, 0.1) is 5.92 Å². The van der Waals surface area contributed by atoms with Gasteiger partial charge in [-0.3, -0.25) is 0 Å². The van der Waals surface area contributed by atoms with Gasteiger partial charge in [-0.25, -0.2) is 4.79 Å². The molecule has 146 valence electrons. The molecule has 8 heteroatoms. The highest BCUT2D eigenvalue weighted by Gasteiger charge is 2.29. The van der Waals surface area contributed by atoms with E-state index in [0.717, 1.165) is 32.1 Å². The zero-order valence-electron chi connectivity index (χ0n) is 15.0. The molecule has 1 aliphatic carbocycles. The fourth-order valence-corrected chi connectivity index (χ4v) is 3.83. The number of piperidine rings is 1. The average Bonchev–Trinajstić information content (AvgIpc) is 3.27. The summed E-state index contributed by atoms with van der Waals surface area (Å²) in [6.07, 6.45) is 2.50. The van der Waals surface area contributed by atoms with Gasteiger partial charge in [0.2, 0.25) is 0 Å². The van der Waals surface area contributed by atoms with Crippen LogP contribution in [-0.2, 0) is 0 Å². The van der Waals surface area contributed by atoms with Gasteiger partial charge in [-0.1, -0.05) is 6.07 Å². The summed E-state index contributed by atoms with van der Waals surface area (Å²) in [5.41, 5.74) is 0.579. The number of benzene rings is 1. The minimum atomic E-state index is -0.868. The van der Waals surface area contributed by atoms with E-state index >= 15 is 0 Å². The van der Waals surface area contributed by atoms with Crippen molar-refractivity contribution in [3.63, 3.8) is 0 Å². The number of hydrogen-bond acceptors (Lipinski definition) is 6. The van der Waals surface area contributed by atoms with Gasteiger partial charge in [0.1, 0.15) is 17.2 Å². The molecule has 0 unspecified atom stereocenters. The third-order valence-electron chi connectivity index (χ3n) is 5.47. The van der Waals surface area contributed by atoms with Crippen LogP contribution in [0.4, 0.5) is 4.79 Å². The van der Waals surface area contributed by atoms with Crippen LogP contribution in [0.2, 0.25) is 0 Å². The van der Waals surface area contributed by atoms with E-state index in [2.05, 4.69) is 5.16 Å². The number of hydrogen-bond donors (Lipinski definition) is 2. The van der Waals surface area contributed by atoms with Crippen LogP contribution < -0.4 is 9.47 Å². The van der Waals surface area contributed by atoms with E-state index in [0.29, 0.717) is 42.3 Å². The largest absolute Gasteiger partial charge is 0.487 e. The van der Waals surface area contributed by atoms with Crippen LogP contribution in [0.3, 0.4) is 0 Å². The number of ether oxygens (including phenoxy) is 2. The van der Waals surface area contributed by atoms with E-state index in [4.69, 9.17) is 19.1 Å². The smallest absolute Gasteiger partial charge is 0.407 e. The third-order valence-corrected chi connectivity index (χ3v) is 5.47.